The summed E-state index contributed by atoms with van der Waals surface area (Å²) in [6.45, 7) is 0.496. The zero-order valence-electron chi connectivity index (χ0n) is 8.90. The van der Waals surface area contributed by atoms with Crippen LogP contribution in [0.5, 0.6) is 0 Å². The van der Waals surface area contributed by atoms with Gasteiger partial charge in [-0.25, -0.2) is 4.79 Å². The number of carbonyl (C=O) groups excluding carboxylic acids is 1. The van der Waals surface area contributed by atoms with Crippen LogP contribution in [0.4, 0.5) is 4.79 Å². The number of amides is 1. The Labute approximate surface area is 105 Å². The maximum Gasteiger partial charge on any atom is 0.409 e. The lowest BCUT2D eigenvalue weighted by Crippen LogP contribution is -2.31. The summed E-state index contributed by atoms with van der Waals surface area (Å²) in [5.74, 6) is 0. The van der Waals surface area contributed by atoms with Crippen molar-refractivity contribution in [3.05, 3.63) is 35.9 Å². The van der Waals surface area contributed by atoms with Gasteiger partial charge in [0.05, 0.1) is 6.54 Å². The van der Waals surface area contributed by atoms with E-state index in [1.54, 1.807) is 7.05 Å². The molecule has 1 rings (SSSR count). The van der Waals surface area contributed by atoms with Crippen LogP contribution in [-0.2, 0) is 11.3 Å². The van der Waals surface area contributed by atoms with Crippen molar-refractivity contribution in [3.8, 4) is 0 Å². The zero-order valence-corrected chi connectivity index (χ0v) is 10.4. The van der Waals surface area contributed by atoms with Crippen LogP contribution in [0, 0.1) is 0 Å². The van der Waals surface area contributed by atoms with Gasteiger partial charge in [0.2, 0.25) is 0 Å². The number of carbonyl (C=O) groups is 1. The van der Waals surface area contributed by atoms with E-state index in [2.05, 4.69) is 0 Å². The topological polar surface area (TPSA) is 29.5 Å². The molecule has 16 heavy (non-hydrogen) atoms. The average molecular weight is 262 g/mol. The summed E-state index contributed by atoms with van der Waals surface area (Å²) in [6, 6.07) is 9.46. The normalized spacial score (nSPS) is 10.2. The summed E-state index contributed by atoms with van der Waals surface area (Å²) >= 11 is 11.1. The largest absolute Gasteiger partial charge is 0.445 e. The molecule has 0 aromatic heterocycles. The van der Waals surface area contributed by atoms with Crippen molar-refractivity contribution in [1.82, 2.24) is 4.90 Å². The minimum Gasteiger partial charge on any atom is -0.445 e. The van der Waals surface area contributed by atoms with Gasteiger partial charge in [0.1, 0.15) is 11.4 Å². The summed E-state index contributed by atoms with van der Waals surface area (Å²) in [5, 5.41) is 0. The van der Waals surface area contributed by atoms with E-state index >= 15 is 0 Å². The van der Waals surface area contributed by atoms with Crippen LogP contribution < -0.4 is 0 Å². The molecule has 0 radical (unpaired) electrons. The van der Waals surface area contributed by atoms with E-state index in [1.807, 2.05) is 30.3 Å². The molecule has 0 saturated heterocycles. The highest BCUT2D eigenvalue weighted by Gasteiger charge is 2.12. The van der Waals surface area contributed by atoms with E-state index in [0.717, 1.165) is 5.56 Å². The first-order chi connectivity index (χ1) is 7.59. The van der Waals surface area contributed by atoms with E-state index in [1.165, 1.54) is 4.90 Å². The summed E-state index contributed by atoms with van der Waals surface area (Å²) in [7, 11) is 1.59. The number of hydrogen-bond donors (Lipinski definition) is 0. The van der Waals surface area contributed by atoms with Crippen LogP contribution in [-0.4, -0.2) is 29.4 Å². The molecule has 0 saturated carbocycles. The minimum absolute atomic E-state index is 0.247. The van der Waals surface area contributed by atoms with E-state index in [0.29, 0.717) is 0 Å². The van der Waals surface area contributed by atoms with Gasteiger partial charge >= 0.3 is 6.09 Å². The van der Waals surface area contributed by atoms with Crippen LogP contribution in [0.15, 0.2) is 30.3 Å². The Kier molecular flexibility index (Phi) is 5.43. The number of halogens is 2. The standard InChI is InChI=1S/C11H13Cl2NO2/c1-14(7-10(12)13)11(15)16-8-9-5-3-2-4-6-9/h2-6,10H,7-8H2,1H3. The minimum atomic E-state index is -0.603. The van der Waals surface area contributed by atoms with Crippen molar-refractivity contribution in [1.29, 1.82) is 0 Å². The van der Waals surface area contributed by atoms with Gasteiger partial charge in [-0.1, -0.05) is 30.3 Å². The van der Waals surface area contributed by atoms with Gasteiger partial charge in [0.15, 0.2) is 0 Å². The molecule has 1 amide bonds. The third kappa shape index (κ3) is 4.73. The second kappa shape index (κ2) is 6.61. The summed E-state index contributed by atoms with van der Waals surface area (Å²) in [4.78, 5) is 12.2. The number of hydrogen-bond acceptors (Lipinski definition) is 2. The fourth-order valence-electron chi connectivity index (χ4n) is 1.11. The van der Waals surface area contributed by atoms with Crippen molar-refractivity contribution >= 4 is 29.3 Å². The highest BCUT2D eigenvalue weighted by Crippen LogP contribution is 2.06. The van der Waals surface area contributed by atoms with Crippen LogP contribution in [0.1, 0.15) is 5.56 Å². The Morgan fingerprint density at radius 1 is 1.38 bits per heavy atom. The highest BCUT2D eigenvalue weighted by atomic mass is 35.5. The Bertz CT molecular complexity index is 330. The summed E-state index contributed by atoms with van der Waals surface area (Å²) < 4.78 is 5.06. The van der Waals surface area contributed by atoms with Gasteiger partial charge < -0.3 is 9.64 Å². The molecular weight excluding hydrogens is 249 g/mol. The molecule has 0 aliphatic heterocycles. The lowest BCUT2D eigenvalue weighted by molar-refractivity contribution is 0.106. The molecule has 0 fully saturated rings. The first-order valence-corrected chi connectivity index (χ1v) is 5.67. The van der Waals surface area contributed by atoms with E-state index in [4.69, 9.17) is 27.9 Å². The Morgan fingerprint density at radius 3 is 2.56 bits per heavy atom. The van der Waals surface area contributed by atoms with E-state index in [9.17, 15) is 4.79 Å². The molecule has 1 aromatic carbocycles. The molecule has 5 heteroatoms. The quantitative estimate of drug-likeness (QED) is 0.780. The van der Waals surface area contributed by atoms with Crippen molar-refractivity contribution in [2.45, 2.75) is 11.4 Å². The number of ether oxygens (including phenoxy) is 1. The summed E-state index contributed by atoms with van der Waals surface area (Å²) in [5.41, 5.74) is 0.942. The highest BCUT2D eigenvalue weighted by molar-refractivity contribution is 6.44. The molecule has 3 nitrogen and oxygen atoms in total. The lowest BCUT2D eigenvalue weighted by Gasteiger charge is -2.17. The lowest BCUT2D eigenvalue weighted by atomic mass is 10.2. The number of nitrogens with zero attached hydrogens (tertiary/aromatic N) is 1. The molecule has 0 aliphatic carbocycles. The van der Waals surface area contributed by atoms with Crippen LogP contribution in [0.25, 0.3) is 0 Å². The summed E-state index contributed by atoms with van der Waals surface area (Å²) in [6.07, 6.45) is -0.435. The van der Waals surface area contributed by atoms with E-state index < -0.39 is 10.9 Å². The fraction of sp³-hybridized carbons (Fsp3) is 0.364. The molecule has 88 valence electrons. The predicted molar refractivity (Wildman–Crippen MR) is 64.8 cm³/mol. The van der Waals surface area contributed by atoms with Crippen molar-refractivity contribution in [2.75, 3.05) is 13.6 Å². The van der Waals surface area contributed by atoms with Gasteiger partial charge in [-0.15, -0.1) is 23.2 Å². The maximum absolute atomic E-state index is 11.4. The molecule has 0 aliphatic rings. The first-order valence-electron chi connectivity index (χ1n) is 4.79. The second-order valence-electron chi connectivity index (χ2n) is 3.31. The zero-order chi connectivity index (χ0) is 12.0. The SMILES string of the molecule is CN(CC(Cl)Cl)C(=O)OCc1ccccc1. The van der Waals surface area contributed by atoms with Gasteiger partial charge in [0, 0.05) is 7.05 Å². The van der Waals surface area contributed by atoms with Crippen LogP contribution >= 0.6 is 23.2 Å². The Morgan fingerprint density at radius 2 is 2.00 bits per heavy atom. The number of alkyl halides is 2. The molecular formula is C11H13Cl2NO2. The van der Waals surface area contributed by atoms with Gasteiger partial charge in [-0.3, -0.25) is 0 Å². The van der Waals surface area contributed by atoms with Gasteiger partial charge in [-0.2, -0.15) is 0 Å². The third-order valence-corrected chi connectivity index (χ3v) is 2.20. The first kappa shape index (κ1) is 13.1. The maximum atomic E-state index is 11.4. The molecule has 0 bridgehead atoms. The monoisotopic (exact) mass is 261 g/mol. The van der Waals surface area contributed by atoms with Crippen molar-refractivity contribution < 1.29 is 9.53 Å². The molecule has 0 unspecified atom stereocenters. The Balaban J connectivity index is 2.35. The molecule has 0 heterocycles. The second-order valence-corrected chi connectivity index (χ2v) is 4.59. The predicted octanol–water partition coefficient (Wildman–Crippen LogP) is 3.06. The molecule has 1 aromatic rings. The van der Waals surface area contributed by atoms with E-state index in [-0.39, 0.29) is 13.2 Å². The van der Waals surface area contributed by atoms with Gasteiger partial charge in [-0.05, 0) is 5.56 Å². The Hall–Kier alpha value is -0.930. The van der Waals surface area contributed by atoms with Crippen molar-refractivity contribution in [2.24, 2.45) is 0 Å². The van der Waals surface area contributed by atoms with Crippen LogP contribution in [0.2, 0.25) is 0 Å². The molecule has 0 N–H and O–H groups in total. The van der Waals surface area contributed by atoms with Crippen molar-refractivity contribution in [3.63, 3.8) is 0 Å². The third-order valence-electron chi connectivity index (χ3n) is 1.93. The number of rotatable bonds is 4. The molecule has 0 spiro atoms. The number of benzene rings is 1. The molecule has 0 atom stereocenters. The van der Waals surface area contributed by atoms with Crippen LogP contribution in [0.3, 0.4) is 0 Å². The fourth-order valence-corrected chi connectivity index (χ4v) is 1.53. The smallest absolute Gasteiger partial charge is 0.409 e. The van der Waals surface area contributed by atoms with Gasteiger partial charge in [0.25, 0.3) is 0 Å². The average Bonchev–Trinajstić information content (AvgIpc) is 2.26.